The number of thiophene rings is 1. The van der Waals surface area contributed by atoms with Crippen LogP contribution in [0.5, 0.6) is 0 Å². The van der Waals surface area contributed by atoms with Crippen molar-refractivity contribution in [1.82, 2.24) is 9.88 Å². The van der Waals surface area contributed by atoms with Crippen LogP contribution in [0, 0.1) is 13.8 Å². The maximum Gasteiger partial charge on any atom is 0.275 e. The molecule has 5 rings (SSSR count). The first-order valence-electron chi connectivity index (χ1n) is 11.7. The van der Waals surface area contributed by atoms with E-state index in [0.29, 0.717) is 12.2 Å². The first kappa shape index (κ1) is 21.3. The minimum atomic E-state index is -1.01. The highest BCUT2D eigenvalue weighted by atomic mass is 32.1. The summed E-state index contributed by atoms with van der Waals surface area (Å²) in [6, 6.07) is 10.2. The number of aromatic nitrogens is 1. The molecule has 1 aliphatic carbocycles. The summed E-state index contributed by atoms with van der Waals surface area (Å²) in [5.41, 5.74) is 3.66. The Morgan fingerprint density at radius 3 is 2.62 bits per heavy atom. The molecule has 2 amide bonds. The van der Waals surface area contributed by atoms with Crippen molar-refractivity contribution in [3.05, 3.63) is 52.5 Å². The predicted molar refractivity (Wildman–Crippen MR) is 131 cm³/mol. The Morgan fingerprint density at radius 2 is 1.88 bits per heavy atom. The quantitative estimate of drug-likeness (QED) is 0.531. The minimum absolute atomic E-state index is 0.0543. The molecule has 2 aliphatic rings. The van der Waals surface area contributed by atoms with Gasteiger partial charge in [-0.2, -0.15) is 0 Å². The van der Waals surface area contributed by atoms with Gasteiger partial charge >= 0.3 is 0 Å². The number of benzene rings is 1. The molecule has 3 aromatic rings. The van der Waals surface area contributed by atoms with Crippen molar-refractivity contribution in [3.8, 4) is 0 Å². The lowest BCUT2D eigenvalue weighted by molar-refractivity contribution is -0.127. The summed E-state index contributed by atoms with van der Waals surface area (Å²) in [5, 5.41) is 5.39. The van der Waals surface area contributed by atoms with Crippen LogP contribution in [-0.2, 0) is 11.3 Å². The number of aryl methyl sites for hydroxylation is 1. The molecule has 1 N–H and O–H groups in total. The molecule has 3 heterocycles. The molecular formula is C26H31N3O2S. The molecule has 0 bridgehead atoms. The number of nitrogens with one attached hydrogen (secondary N) is 1. The van der Waals surface area contributed by atoms with Crippen LogP contribution in [0.15, 0.2) is 35.7 Å². The third-order valence-corrected chi connectivity index (χ3v) is 8.25. The van der Waals surface area contributed by atoms with E-state index in [-0.39, 0.29) is 17.9 Å². The van der Waals surface area contributed by atoms with Crippen molar-refractivity contribution in [1.29, 1.82) is 0 Å². The molecule has 0 radical (unpaired) electrons. The normalized spacial score (nSPS) is 22.1. The van der Waals surface area contributed by atoms with Crippen molar-refractivity contribution in [2.24, 2.45) is 0 Å². The molecule has 1 atom stereocenters. The minimum Gasteiger partial charge on any atom is -0.351 e. The fourth-order valence-corrected chi connectivity index (χ4v) is 6.16. The molecule has 1 saturated carbocycles. The van der Waals surface area contributed by atoms with E-state index in [1.807, 2.05) is 48.1 Å². The van der Waals surface area contributed by atoms with Gasteiger partial charge in [0.05, 0.1) is 16.8 Å². The van der Waals surface area contributed by atoms with Crippen LogP contribution in [0.3, 0.4) is 0 Å². The van der Waals surface area contributed by atoms with Crippen molar-refractivity contribution in [2.45, 2.75) is 77.4 Å². The van der Waals surface area contributed by atoms with Crippen LogP contribution in [0.1, 0.15) is 67.1 Å². The Kier molecular flexibility index (Phi) is 5.36. The van der Waals surface area contributed by atoms with Crippen LogP contribution in [0.25, 0.3) is 10.2 Å². The molecule has 5 nitrogen and oxygen atoms in total. The number of fused-ring (bicyclic) bond motifs is 3. The molecule has 0 saturated heterocycles. The van der Waals surface area contributed by atoms with E-state index in [4.69, 9.17) is 0 Å². The van der Waals surface area contributed by atoms with Gasteiger partial charge in [0.1, 0.15) is 11.2 Å². The van der Waals surface area contributed by atoms with Gasteiger partial charge in [0.2, 0.25) is 5.91 Å². The lowest BCUT2D eigenvalue weighted by atomic mass is 9.91. The molecule has 1 aromatic carbocycles. The third-order valence-electron chi connectivity index (χ3n) is 7.40. The zero-order valence-corrected chi connectivity index (χ0v) is 19.9. The highest BCUT2D eigenvalue weighted by molar-refractivity contribution is 7.17. The molecule has 168 valence electrons. The summed E-state index contributed by atoms with van der Waals surface area (Å²) in [6.45, 7) is 6.46. The Morgan fingerprint density at radius 1 is 1.12 bits per heavy atom. The van der Waals surface area contributed by atoms with Gasteiger partial charge in [0, 0.05) is 11.7 Å². The zero-order chi connectivity index (χ0) is 22.5. The Hall–Kier alpha value is -2.60. The van der Waals surface area contributed by atoms with Crippen LogP contribution >= 0.6 is 11.3 Å². The molecular weight excluding hydrogens is 418 g/mol. The van der Waals surface area contributed by atoms with Gasteiger partial charge in [0.15, 0.2) is 0 Å². The summed E-state index contributed by atoms with van der Waals surface area (Å²) in [7, 11) is 0. The van der Waals surface area contributed by atoms with Crippen LogP contribution in [0.2, 0.25) is 0 Å². The maximum absolute atomic E-state index is 13.9. The van der Waals surface area contributed by atoms with Gasteiger partial charge in [-0.25, -0.2) is 0 Å². The number of amides is 2. The highest BCUT2D eigenvalue weighted by Crippen LogP contribution is 2.39. The van der Waals surface area contributed by atoms with E-state index in [2.05, 4.69) is 18.3 Å². The number of carbonyl (C=O) groups excluding carboxylic acids is 2. The SMILES string of the molecule is Cc1cccc(N2C(=O)c3cc4sccc4n3C[C@]2(C)C(=O)NC2CCCCCC2)c1C. The number of hydrogen-bond donors (Lipinski definition) is 1. The van der Waals surface area contributed by atoms with E-state index < -0.39 is 5.54 Å². The standard InChI is InChI=1S/C26H31N3O2S/c1-17-9-8-12-20(18(17)2)29-24(30)22-15-23-21(13-14-32-23)28(22)16-26(29,3)25(31)27-19-10-6-4-5-7-11-19/h8-9,12-15,19H,4-7,10-11,16H2,1-3H3,(H,27,31)/t26-/m1/s1. The Balaban J connectivity index is 1.61. The molecule has 0 unspecified atom stereocenters. The zero-order valence-electron chi connectivity index (χ0n) is 19.1. The lowest BCUT2D eigenvalue weighted by Crippen LogP contribution is -2.65. The third kappa shape index (κ3) is 3.36. The number of carbonyl (C=O) groups is 2. The first-order chi connectivity index (χ1) is 15.4. The van der Waals surface area contributed by atoms with Gasteiger partial charge < -0.3 is 9.88 Å². The topological polar surface area (TPSA) is 54.3 Å². The van der Waals surface area contributed by atoms with Crippen molar-refractivity contribution in [3.63, 3.8) is 0 Å². The molecule has 2 aromatic heterocycles. The van der Waals surface area contributed by atoms with Crippen molar-refractivity contribution >= 4 is 39.1 Å². The van der Waals surface area contributed by atoms with Gasteiger partial charge in [-0.15, -0.1) is 11.3 Å². The second-order valence-corrected chi connectivity index (χ2v) is 10.5. The first-order valence-corrected chi connectivity index (χ1v) is 12.6. The smallest absolute Gasteiger partial charge is 0.275 e. The number of rotatable bonds is 3. The predicted octanol–water partition coefficient (Wildman–Crippen LogP) is 5.58. The van der Waals surface area contributed by atoms with E-state index >= 15 is 0 Å². The van der Waals surface area contributed by atoms with Crippen molar-refractivity contribution < 1.29 is 9.59 Å². The Labute approximate surface area is 193 Å². The van der Waals surface area contributed by atoms with Gasteiger partial charge in [-0.3, -0.25) is 14.5 Å². The van der Waals surface area contributed by atoms with Crippen LogP contribution in [0.4, 0.5) is 5.69 Å². The van der Waals surface area contributed by atoms with E-state index in [1.165, 1.54) is 12.8 Å². The van der Waals surface area contributed by atoms with Gasteiger partial charge in [0.25, 0.3) is 5.91 Å². The van der Waals surface area contributed by atoms with Gasteiger partial charge in [-0.1, -0.05) is 37.8 Å². The number of hydrogen-bond acceptors (Lipinski definition) is 3. The lowest BCUT2D eigenvalue weighted by Gasteiger charge is -2.45. The molecule has 1 aliphatic heterocycles. The highest BCUT2D eigenvalue weighted by Gasteiger charge is 2.49. The average Bonchev–Trinajstić information content (AvgIpc) is 3.26. The monoisotopic (exact) mass is 449 g/mol. The fraction of sp³-hybridized carbons (Fsp3) is 0.462. The maximum atomic E-state index is 13.9. The fourth-order valence-electron chi connectivity index (χ4n) is 5.33. The van der Waals surface area contributed by atoms with Crippen molar-refractivity contribution in [2.75, 3.05) is 4.90 Å². The number of nitrogens with zero attached hydrogens (tertiary/aromatic N) is 2. The number of anilines is 1. The summed E-state index contributed by atoms with van der Waals surface area (Å²) < 4.78 is 3.13. The summed E-state index contributed by atoms with van der Waals surface area (Å²) in [6.07, 6.45) is 6.81. The van der Waals surface area contributed by atoms with Gasteiger partial charge in [-0.05, 0) is 68.3 Å². The van der Waals surface area contributed by atoms with Crippen LogP contribution in [-0.4, -0.2) is 28.0 Å². The summed E-state index contributed by atoms with van der Waals surface area (Å²) in [4.78, 5) is 29.6. The van der Waals surface area contributed by atoms with E-state index in [1.54, 1.807) is 16.2 Å². The summed E-state index contributed by atoms with van der Waals surface area (Å²) in [5.74, 6) is -0.159. The molecule has 0 spiro atoms. The second kappa shape index (κ2) is 8.07. The second-order valence-electron chi connectivity index (χ2n) is 9.58. The Bertz CT molecular complexity index is 1190. The average molecular weight is 450 g/mol. The molecule has 6 heteroatoms. The van der Waals surface area contributed by atoms with E-state index in [9.17, 15) is 9.59 Å². The molecule has 1 fully saturated rings. The van der Waals surface area contributed by atoms with Crippen LogP contribution < -0.4 is 10.2 Å². The largest absolute Gasteiger partial charge is 0.351 e. The van der Waals surface area contributed by atoms with E-state index in [0.717, 1.165) is 52.7 Å². The molecule has 32 heavy (non-hydrogen) atoms. The summed E-state index contributed by atoms with van der Waals surface area (Å²) >= 11 is 1.63.